The molecule has 0 aliphatic carbocycles. The van der Waals surface area contributed by atoms with E-state index in [9.17, 15) is 0 Å². The minimum absolute atomic E-state index is 0.910. The molecule has 1 nitrogen and oxygen atoms in total. The number of furan rings is 1. The molecule has 0 N–H and O–H groups in total. The van der Waals surface area contributed by atoms with E-state index in [-0.39, 0.29) is 0 Å². The Kier molecular flexibility index (Phi) is 6.79. The van der Waals surface area contributed by atoms with Gasteiger partial charge in [0, 0.05) is 16.2 Å². The van der Waals surface area contributed by atoms with E-state index < -0.39 is 0 Å². The molecule has 1 heterocycles. The zero-order valence-corrected chi connectivity index (χ0v) is 32.0. The van der Waals surface area contributed by atoms with E-state index in [0.717, 1.165) is 32.9 Å². The molecular formula is C58H34O. The predicted octanol–water partition coefficient (Wildman–Crippen LogP) is 16.7. The molecule has 13 aromatic rings. The van der Waals surface area contributed by atoms with Gasteiger partial charge in [-0.25, -0.2) is 0 Å². The zero-order valence-electron chi connectivity index (χ0n) is 32.0. The quantitative estimate of drug-likeness (QED) is 0.164. The number of benzene rings is 12. The summed E-state index contributed by atoms with van der Waals surface area (Å²) in [6.45, 7) is 0. The van der Waals surface area contributed by atoms with Gasteiger partial charge in [-0.2, -0.15) is 0 Å². The minimum atomic E-state index is 0.910. The SMILES string of the molecule is c1ccc(-c2ccc3c(c2)c2ccccc2c2c4ccc(-c5ccc(-c6ccc7c(c6)oc6c8ccccc8ccc76)c6ccccc56)cc4c4ccccc4c32)cc1. The highest BCUT2D eigenvalue weighted by atomic mass is 16.3. The maximum atomic E-state index is 6.61. The molecule has 0 saturated heterocycles. The fraction of sp³-hybridized carbons (Fsp3) is 0. The van der Waals surface area contributed by atoms with Gasteiger partial charge < -0.3 is 4.42 Å². The van der Waals surface area contributed by atoms with Crippen molar-refractivity contribution >= 4 is 97.3 Å². The fourth-order valence-electron chi connectivity index (χ4n) is 10.1. The first-order valence-corrected chi connectivity index (χ1v) is 20.4. The van der Waals surface area contributed by atoms with Gasteiger partial charge in [-0.3, -0.25) is 0 Å². The third-order valence-electron chi connectivity index (χ3n) is 12.8. The molecule has 0 fully saturated rings. The number of rotatable bonds is 3. The molecule has 0 atom stereocenters. The number of hydrogen-bond acceptors (Lipinski definition) is 1. The molecule has 272 valence electrons. The van der Waals surface area contributed by atoms with Gasteiger partial charge in [-0.1, -0.05) is 176 Å². The van der Waals surface area contributed by atoms with Gasteiger partial charge in [0.05, 0.1) is 0 Å². The van der Waals surface area contributed by atoms with Crippen molar-refractivity contribution in [2.45, 2.75) is 0 Å². The second kappa shape index (κ2) is 12.4. The second-order valence-corrected chi connectivity index (χ2v) is 15.9. The van der Waals surface area contributed by atoms with Crippen molar-refractivity contribution in [2.75, 3.05) is 0 Å². The monoisotopic (exact) mass is 746 g/mol. The molecule has 0 aliphatic rings. The lowest BCUT2D eigenvalue weighted by Crippen LogP contribution is -1.90. The van der Waals surface area contributed by atoms with Crippen molar-refractivity contribution in [1.82, 2.24) is 0 Å². The summed E-state index contributed by atoms with van der Waals surface area (Å²) in [5, 5.41) is 20.0. The lowest BCUT2D eigenvalue weighted by Gasteiger charge is -2.18. The maximum absolute atomic E-state index is 6.61. The third kappa shape index (κ3) is 4.73. The second-order valence-electron chi connectivity index (χ2n) is 15.9. The van der Waals surface area contributed by atoms with Crippen LogP contribution in [0.25, 0.3) is 131 Å². The smallest absolute Gasteiger partial charge is 0.143 e. The lowest BCUT2D eigenvalue weighted by atomic mass is 9.85. The molecule has 0 aliphatic heterocycles. The average Bonchev–Trinajstić information content (AvgIpc) is 3.69. The van der Waals surface area contributed by atoms with Gasteiger partial charge >= 0.3 is 0 Å². The first-order valence-electron chi connectivity index (χ1n) is 20.4. The van der Waals surface area contributed by atoms with Crippen molar-refractivity contribution in [3.8, 4) is 33.4 Å². The zero-order chi connectivity index (χ0) is 38.6. The van der Waals surface area contributed by atoms with E-state index in [1.165, 1.54) is 97.8 Å². The summed E-state index contributed by atoms with van der Waals surface area (Å²) >= 11 is 0. The Balaban J connectivity index is 1.02. The van der Waals surface area contributed by atoms with Gasteiger partial charge in [0.25, 0.3) is 0 Å². The van der Waals surface area contributed by atoms with Crippen LogP contribution in [0.1, 0.15) is 0 Å². The van der Waals surface area contributed by atoms with Crippen LogP contribution in [0.3, 0.4) is 0 Å². The van der Waals surface area contributed by atoms with Crippen molar-refractivity contribution in [1.29, 1.82) is 0 Å². The Hall–Kier alpha value is -7.74. The van der Waals surface area contributed by atoms with Crippen molar-refractivity contribution in [2.24, 2.45) is 0 Å². The van der Waals surface area contributed by atoms with E-state index in [2.05, 4.69) is 206 Å². The van der Waals surface area contributed by atoms with Crippen LogP contribution in [0.5, 0.6) is 0 Å². The Morgan fingerprint density at radius 3 is 1.34 bits per heavy atom. The van der Waals surface area contributed by atoms with Gasteiger partial charge in [0.2, 0.25) is 0 Å². The lowest BCUT2D eigenvalue weighted by molar-refractivity contribution is 0.673. The van der Waals surface area contributed by atoms with Gasteiger partial charge in [0.15, 0.2) is 0 Å². The number of hydrogen-bond donors (Lipinski definition) is 0. The highest BCUT2D eigenvalue weighted by Gasteiger charge is 2.19. The van der Waals surface area contributed by atoms with Crippen LogP contribution >= 0.6 is 0 Å². The molecule has 13 rings (SSSR count). The Labute approximate surface area is 340 Å². The molecule has 12 aromatic carbocycles. The molecule has 59 heavy (non-hydrogen) atoms. The normalized spacial score (nSPS) is 12.1. The number of fused-ring (bicyclic) bond motifs is 17. The minimum Gasteiger partial charge on any atom is -0.455 e. The molecule has 0 unspecified atom stereocenters. The predicted molar refractivity (Wildman–Crippen MR) is 253 cm³/mol. The molecule has 1 heteroatoms. The Bertz CT molecular complexity index is 3890. The summed E-state index contributed by atoms with van der Waals surface area (Å²) in [5.41, 5.74) is 9.11. The van der Waals surface area contributed by atoms with Crippen LogP contribution in [0.4, 0.5) is 0 Å². The molecule has 0 amide bonds. The molecule has 0 spiro atoms. The Morgan fingerprint density at radius 2 is 0.695 bits per heavy atom. The molecular weight excluding hydrogens is 713 g/mol. The first kappa shape index (κ1) is 32.4. The van der Waals surface area contributed by atoms with Crippen LogP contribution < -0.4 is 0 Å². The van der Waals surface area contributed by atoms with Crippen LogP contribution in [0.15, 0.2) is 211 Å². The van der Waals surface area contributed by atoms with E-state index in [4.69, 9.17) is 4.42 Å². The van der Waals surface area contributed by atoms with Crippen LogP contribution in [0.2, 0.25) is 0 Å². The maximum Gasteiger partial charge on any atom is 0.143 e. The summed E-state index contributed by atoms with van der Waals surface area (Å²) < 4.78 is 6.61. The molecule has 1 aromatic heterocycles. The highest BCUT2D eigenvalue weighted by molar-refractivity contribution is 6.39. The van der Waals surface area contributed by atoms with Gasteiger partial charge in [-0.15, -0.1) is 0 Å². The summed E-state index contributed by atoms with van der Waals surface area (Å²) in [5.74, 6) is 0. The van der Waals surface area contributed by atoms with E-state index in [1.807, 2.05) is 0 Å². The fourth-order valence-corrected chi connectivity index (χ4v) is 10.1. The third-order valence-corrected chi connectivity index (χ3v) is 12.8. The van der Waals surface area contributed by atoms with E-state index in [0.29, 0.717) is 0 Å². The van der Waals surface area contributed by atoms with Crippen LogP contribution in [-0.2, 0) is 0 Å². The largest absolute Gasteiger partial charge is 0.455 e. The van der Waals surface area contributed by atoms with Gasteiger partial charge in [0.1, 0.15) is 11.2 Å². The first-order chi connectivity index (χ1) is 29.3. The van der Waals surface area contributed by atoms with E-state index in [1.54, 1.807) is 0 Å². The van der Waals surface area contributed by atoms with Crippen LogP contribution in [-0.4, -0.2) is 0 Å². The van der Waals surface area contributed by atoms with Crippen molar-refractivity contribution < 1.29 is 4.42 Å². The summed E-state index contributed by atoms with van der Waals surface area (Å²) in [6.07, 6.45) is 0. The molecule has 0 bridgehead atoms. The highest BCUT2D eigenvalue weighted by Crippen LogP contribution is 2.46. The Morgan fingerprint density at radius 1 is 0.237 bits per heavy atom. The van der Waals surface area contributed by atoms with Gasteiger partial charge in [-0.05, 0) is 134 Å². The van der Waals surface area contributed by atoms with Crippen LogP contribution in [0, 0.1) is 0 Å². The summed E-state index contributed by atoms with van der Waals surface area (Å²) in [6, 6.07) is 75.8. The average molecular weight is 747 g/mol. The topological polar surface area (TPSA) is 13.1 Å². The molecule has 0 radical (unpaired) electrons. The van der Waals surface area contributed by atoms with Crippen molar-refractivity contribution in [3.05, 3.63) is 206 Å². The summed E-state index contributed by atoms with van der Waals surface area (Å²) in [7, 11) is 0. The summed E-state index contributed by atoms with van der Waals surface area (Å²) in [4.78, 5) is 0. The molecule has 0 saturated carbocycles. The standard InChI is InChI=1S/C58H34O/c1-2-12-35(13-3-1)37-23-27-50-53(32-37)45-18-8-10-20-48(45)57-51-28-25-38(33-54(51)46-19-9-11-21-49(46)56(50)57)40-30-31-41(44-17-7-6-16-43(40)44)39-24-26-47-52-29-22-36-14-4-5-15-42(36)58(52)59-55(47)34-39/h1-34H. The van der Waals surface area contributed by atoms with Crippen molar-refractivity contribution in [3.63, 3.8) is 0 Å². The van der Waals surface area contributed by atoms with E-state index >= 15 is 0 Å².